The van der Waals surface area contributed by atoms with Crippen molar-refractivity contribution in [3.05, 3.63) is 33.5 Å². The maximum absolute atomic E-state index is 4.11. The fourth-order valence-corrected chi connectivity index (χ4v) is 1.94. The third-order valence-electron chi connectivity index (χ3n) is 2.02. The summed E-state index contributed by atoms with van der Waals surface area (Å²) in [5, 5.41) is 18.2. The van der Waals surface area contributed by atoms with Crippen molar-refractivity contribution >= 4 is 11.3 Å². The minimum absolute atomic E-state index is 0.877. The lowest BCUT2D eigenvalue weighted by molar-refractivity contribution is 0.828. The average Bonchev–Trinajstić information content (AvgIpc) is 2.64. The van der Waals surface area contributed by atoms with E-state index in [4.69, 9.17) is 0 Å². The van der Waals surface area contributed by atoms with Crippen LogP contribution in [0.3, 0.4) is 0 Å². The number of aryl methyl sites for hydroxylation is 4. The zero-order chi connectivity index (χ0) is 10.7. The second kappa shape index (κ2) is 4.44. The third-order valence-corrected chi connectivity index (χ3v) is 2.91. The van der Waals surface area contributed by atoms with Gasteiger partial charge in [-0.1, -0.05) is 0 Å². The van der Waals surface area contributed by atoms with Crippen molar-refractivity contribution < 1.29 is 0 Å². The Balaban J connectivity index is 1.96. The molecule has 0 atom stereocenters. The Morgan fingerprint density at radius 3 is 2.47 bits per heavy atom. The minimum Gasteiger partial charge on any atom is -0.156 e. The van der Waals surface area contributed by atoms with Gasteiger partial charge in [-0.05, 0) is 32.4 Å². The summed E-state index contributed by atoms with van der Waals surface area (Å²) in [4.78, 5) is 0. The molecule has 0 aliphatic carbocycles. The van der Waals surface area contributed by atoms with E-state index >= 15 is 0 Å². The fourth-order valence-electron chi connectivity index (χ4n) is 1.23. The van der Waals surface area contributed by atoms with Crippen LogP contribution in [-0.4, -0.2) is 20.4 Å². The van der Waals surface area contributed by atoms with Crippen molar-refractivity contribution in [3.63, 3.8) is 0 Å². The summed E-state index contributed by atoms with van der Waals surface area (Å²) in [6, 6.07) is 3.99. The Morgan fingerprint density at radius 1 is 1.00 bits per heavy atom. The number of aromatic nitrogens is 4. The quantitative estimate of drug-likeness (QED) is 0.790. The summed E-state index contributed by atoms with van der Waals surface area (Å²) in [6.45, 7) is 3.90. The average molecular weight is 220 g/mol. The van der Waals surface area contributed by atoms with E-state index in [1.54, 1.807) is 11.3 Å². The van der Waals surface area contributed by atoms with Gasteiger partial charge < -0.3 is 0 Å². The number of rotatable bonds is 3. The molecule has 0 saturated heterocycles. The molecule has 0 bridgehead atoms. The van der Waals surface area contributed by atoms with Crippen LogP contribution < -0.4 is 0 Å². The van der Waals surface area contributed by atoms with Crippen molar-refractivity contribution in [1.82, 2.24) is 20.4 Å². The maximum Gasteiger partial charge on any atom is 0.117 e. The van der Waals surface area contributed by atoms with Crippen LogP contribution in [0.5, 0.6) is 0 Å². The zero-order valence-electron chi connectivity index (χ0n) is 8.77. The van der Waals surface area contributed by atoms with Gasteiger partial charge in [0.15, 0.2) is 0 Å². The van der Waals surface area contributed by atoms with E-state index in [2.05, 4.69) is 20.4 Å². The summed E-state index contributed by atoms with van der Waals surface area (Å²) < 4.78 is 0. The monoisotopic (exact) mass is 220 g/mol. The molecule has 2 rings (SSSR count). The standard InChI is InChI=1S/C10H12N4S/c1-7-3-4-9(13-11-7)5-6-10-14-12-8(2)15-10/h3-4H,5-6H2,1-2H3. The smallest absolute Gasteiger partial charge is 0.117 e. The van der Waals surface area contributed by atoms with Crippen LogP contribution >= 0.6 is 11.3 Å². The van der Waals surface area contributed by atoms with Crippen molar-refractivity contribution in [2.75, 3.05) is 0 Å². The Labute approximate surface area is 92.4 Å². The second-order valence-corrected chi connectivity index (χ2v) is 4.65. The van der Waals surface area contributed by atoms with E-state index in [0.29, 0.717) is 0 Å². The molecule has 0 spiro atoms. The first kappa shape index (κ1) is 10.2. The highest BCUT2D eigenvalue weighted by Gasteiger charge is 2.02. The number of nitrogens with zero attached hydrogens (tertiary/aromatic N) is 4. The first-order valence-electron chi connectivity index (χ1n) is 4.82. The maximum atomic E-state index is 4.11. The van der Waals surface area contributed by atoms with Gasteiger partial charge in [0.1, 0.15) is 10.0 Å². The normalized spacial score (nSPS) is 10.5. The van der Waals surface area contributed by atoms with Gasteiger partial charge in [0.05, 0.1) is 11.4 Å². The second-order valence-electron chi connectivity index (χ2n) is 3.38. The van der Waals surface area contributed by atoms with E-state index in [1.807, 2.05) is 26.0 Å². The van der Waals surface area contributed by atoms with Gasteiger partial charge in [0.25, 0.3) is 0 Å². The van der Waals surface area contributed by atoms with Gasteiger partial charge in [0.2, 0.25) is 0 Å². The molecule has 78 valence electrons. The van der Waals surface area contributed by atoms with Crippen LogP contribution in [0, 0.1) is 13.8 Å². The molecule has 0 amide bonds. The van der Waals surface area contributed by atoms with Crippen LogP contribution in [-0.2, 0) is 12.8 Å². The Hall–Kier alpha value is -1.36. The summed E-state index contributed by atoms with van der Waals surface area (Å²) in [5.74, 6) is 0. The highest BCUT2D eigenvalue weighted by molar-refractivity contribution is 7.11. The van der Waals surface area contributed by atoms with Crippen molar-refractivity contribution in [1.29, 1.82) is 0 Å². The lowest BCUT2D eigenvalue weighted by atomic mass is 10.2. The molecule has 0 aliphatic rings. The summed E-state index contributed by atoms with van der Waals surface area (Å²) in [6.07, 6.45) is 1.77. The molecular weight excluding hydrogens is 208 g/mol. The molecule has 0 aliphatic heterocycles. The summed E-state index contributed by atoms with van der Waals surface area (Å²) in [7, 11) is 0. The van der Waals surface area contributed by atoms with Gasteiger partial charge in [-0.15, -0.1) is 21.5 Å². The molecule has 4 nitrogen and oxygen atoms in total. The molecule has 2 heterocycles. The summed E-state index contributed by atoms with van der Waals surface area (Å²) >= 11 is 1.64. The molecule has 0 unspecified atom stereocenters. The lowest BCUT2D eigenvalue weighted by Gasteiger charge is -1.96. The first-order chi connectivity index (χ1) is 7.24. The van der Waals surface area contributed by atoms with Crippen LogP contribution in [0.4, 0.5) is 0 Å². The number of hydrogen-bond acceptors (Lipinski definition) is 5. The molecule has 2 aromatic rings. The van der Waals surface area contributed by atoms with Gasteiger partial charge in [-0.3, -0.25) is 0 Å². The predicted octanol–water partition coefficient (Wildman–Crippen LogP) is 1.73. The van der Waals surface area contributed by atoms with Crippen molar-refractivity contribution in [2.45, 2.75) is 26.7 Å². The largest absolute Gasteiger partial charge is 0.156 e. The molecule has 15 heavy (non-hydrogen) atoms. The van der Waals surface area contributed by atoms with Gasteiger partial charge in [0, 0.05) is 6.42 Å². The molecule has 5 heteroatoms. The van der Waals surface area contributed by atoms with Crippen molar-refractivity contribution in [2.24, 2.45) is 0 Å². The molecule has 0 saturated carbocycles. The molecule has 0 N–H and O–H groups in total. The van der Waals surface area contributed by atoms with E-state index in [1.165, 1.54) is 0 Å². The number of hydrogen-bond donors (Lipinski definition) is 0. The van der Waals surface area contributed by atoms with E-state index in [-0.39, 0.29) is 0 Å². The van der Waals surface area contributed by atoms with E-state index in [0.717, 1.165) is 34.2 Å². The van der Waals surface area contributed by atoms with Gasteiger partial charge in [-0.25, -0.2) is 0 Å². The third kappa shape index (κ3) is 2.79. The lowest BCUT2D eigenvalue weighted by Crippen LogP contribution is -1.97. The van der Waals surface area contributed by atoms with Crippen molar-refractivity contribution in [3.8, 4) is 0 Å². The SMILES string of the molecule is Cc1ccc(CCc2nnc(C)s2)nn1. The Bertz CT molecular complexity index is 435. The Morgan fingerprint density at radius 2 is 1.87 bits per heavy atom. The van der Waals surface area contributed by atoms with Gasteiger partial charge >= 0.3 is 0 Å². The molecule has 2 aromatic heterocycles. The van der Waals surface area contributed by atoms with Crippen LogP contribution in [0.25, 0.3) is 0 Å². The fraction of sp³-hybridized carbons (Fsp3) is 0.400. The first-order valence-corrected chi connectivity index (χ1v) is 5.64. The molecule has 0 aromatic carbocycles. The molecule has 0 fully saturated rings. The Kier molecular flexibility index (Phi) is 3.01. The van der Waals surface area contributed by atoms with Crippen LogP contribution in [0.2, 0.25) is 0 Å². The zero-order valence-corrected chi connectivity index (χ0v) is 9.58. The van der Waals surface area contributed by atoms with Gasteiger partial charge in [-0.2, -0.15) is 10.2 Å². The van der Waals surface area contributed by atoms with Crippen LogP contribution in [0.1, 0.15) is 21.4 Å². The molecular formula is C10H12N4S. The highest BCUT2D eigenvalue weighted by Crippen LogP contribution is 2.10. The predicted molar refractivity (Wildman–Crippen MR) is 58.8 cm³/mol. The highest BCUT2D eigenvalue weighted by atomic mass is 32.1. The van der Waals surface area contributed by atoms with Crippen LogP contribution in [0.15, 0.2) is 12.1 Å². The topological polar surface area (TPSA) is 51.6 Å². The van der Waals surface area contributed by atoms with E-state index in [9.17, 15) is 0 Å². The molecule has 0 radical (unpaired) electrons. The summed E-state index contributed by atoms with van der Waals surface area (Å²) in [5.41, 5.74) is 1.96. The van der Waals surface area contributed by atoms with E-state index < -0.39 is 0 Å². The minimum atomic E-state index is 0.877.